The molecule has 0 radical (unpaired) electrons. The number of halogens is 1. The van der Waals surface area contributed by atoms with Crippen molar-refractivity contribution in [2.24, 2.45) is 7.05 Å². The van der Waals surface area contributed by atoms with Crippen LogP contribution in [0.2, 0.25) is 5.02 Å². The van der Waals surface area contributed by atoms with Crippen LogP contribution in [0.4, 0.5) is 0 Å². The topological polar surface area (TPSA) is 46.9 Å². The zero-order valence-electron chi connectivity index (χ0n) is 8.59. The SMILES string of the molecule is CCCNC(=O)c1c(Cl)c(C)nn1C. The fraction of sp³-hybridized carbons (Fsp3) is 0.556. The second-order valence-corrected chi connectivity index (χ2v) is 3.51. The van der Waals surface area contributed by atoms with Crippen LogP contribution in [0, 0.1) is 6.92 Å². The fourth-order valence-corrected chi connectivity index (χ4v) is 1.45. The van der Waals surface area contributed by atoms with E-state index in [1.54, 1.807) is 14.0 Å². The summed E-state index contributed by atoms with van der Waals surface area (Å²) in [5, 5.41) is 7.25. The van der Waals surface area contributed by atoms with Crippen LogP contribution in [0.3, 0.4) is 0 Å². The molecule has 0 spiro atoms. The molecule has 1 amide bonds. The standard InChI is InChI=1S/C9H14ClN3O/c1-4-5-11-9(14)8-7(10)6(2)12-13(8)3/h4-5H2,1-3H3,(H,11,14). The lowest BCUT2D eigenvalue weighted by molar-refractivity contribution is 0.0944. The van der Waals surface area contributed by atoms with Crippen molar-refractivity contribution < 1.29 is 4.79 Å². The van der Waals surface area contributed by atoms with Crippen molar-refractivity contribution in [3.8, 4) is 0 Å². The molecule has 0 aliphatic heterocycles. The molecule has 1 rings (SSSR count). The molecule has 0 unspecified atom stereocenters. The first-order valence-electron chi connectivity index (χ1n) is 4.55. The lowest BCUT2D eigenvalue weighted by Crippen LogP contribution is -2.26. The molecule has 1 heterocycles. The van der Waals surface area contributed by atoms with Crippen molar-refractivity contribution in [2.75, 3.05) is 6.54 Å². The Morgan fingerprint density at radius 3 is 2.71 bits per heavy atom. The third kappa shape index (κ3) is 2.07. The second kappa shape index (κ2) is 4.46. The van der Waals surface area contributed by atoms with E-state index in [1.807, 2.05) is 6.92 Å². The Morgan fingerprint density at radius 1 is 1.64 bits per heavy atom. The lowest BCUT2D eigenvalue weighted by Gasteiger charge is -2.03. The molecule has 4 nitrogen and oxygen atoms in total. The normalized spacial score (nSPS) is 10.3. The molecule has 1 aromatic rings. The minimum absolute atomic E-state index is 0.167. The van der Waals surface area contributed by atoms with E-state index in [-0.39, 0.29) is 5.91 Å². The maximum absolute atomic E-state index is 11.6. The Kier molecular flexibility index (Phi) is 3.52. The molecule has 78 valence electrons. The molecule has 0 fully saturated rings. The van der Waals surface area contributed by atoms with Gasteiger partial charge in [0.05, 0.1) is 10.7 Å². The number of carbonyl (C=O) groups excluding carboxylic acids is 1. The number of carbonyl (C=O) groups is 1. The zero-order valence-corrected chi connectivity index (χ0v) is 9.35. The number of amides is 1. The van der Waals surface area contributed by atoms with Crippen LogP contribution in [0.1, 0.15) is 29.5 Å². The molecule has 14 heavy (non-hydrogen) atoms. The molecular formula is C9H14ClN3O. The highest BCUT2D eigenvalue weighted by molar-refractivity contribution is 6.34. The van der Waals surface area contributed by atoms with Gasteiger partial charge < -0.3 is 5.32 Å². The quantitative estimate of drug-likeness (QED) is 0.831. The molecule has 0 aromatic carbocycles. The van der Waals surface area contributed by atoms with Gasteiger partial charge in [-0.2, -0.15) is 5.10 Å². The largest absolute Gasteiger partial charge is 0.351 e. The van der Waals surface area contributed by atoms with Crippen LogP contribution < -0.4 is 5.32 Å². The van der Waals surface area contributed by atoms with E-state index >= 15 is 0 Å². The highest BCUT2D eigenvalue weighted by atomic mass is 35.5. The Bertz CT molecular complexity index is 346. The average Bonchev–Trinajstić information content (AvgIpc) is 2.38. The number of nitrogens with one attached hydrogen (secondary N) is 1. The van der Waals surface area contributed by atoms with Crippen molar-refractivity contribution in [3.05, 3.63) is 16.4 Å². The summed E-state index contributed by atoms with van der Waals surface area (Å²) in [5.41, 5.74) is 1.11. The number of aromatic nitrogens is 2. The van der Waals surface area contributed by atoms with Crippen molar-refractivity contribution >= 4 is 17.5 Å². The number of aryl methyl sites for hydroxylation is 2. The first-order valence-corrected chi connectivity index (χ1v) is 4.93. The van der Waals surface area contributed by atoms with Crippen molar-refractivity contribution in [2.45, 2.75) is 20.3 Å². The van der Waals surface area contributed by atoms with E-state index in [4.69, 9.17) is 11.6 Å². The van der Waals surface area contributed by atoms with Gasteiger partial charge in [-0.1, -0.05) is 18.5 Å². The summed E-state index contributed by atoms with van der Waals surface area (Å²) in [7, 11) is 1.71. The van der Waals surface area contributed by atoms with E-state index in [9.17, 15) is 4.79 Å². The summed E-state index contributed by atoms with van der Waals surface area (Å²) in [6.07, 6.45) is 0.903. The van der Waals surface area contributed by atoms with E-state index in [2.05, 4.69) is 10.4 Å². The smallest absolute Gasteiger partial charge is 0.271 e. The van der Waals surface area contributed by atoms with Gasteiger partial charge in [-0.25, -0.2) is 0 Å². The monoisotopic (exact) mass is 215 g/mol. The number of hydrogen-bond acceptors (Lipinski definition) is 2. The van der Waals surface area contributed by atoms with Gasteiger partial charge in [0.2, 0.25) is 0 Å². The maximum atomic E-state index is 11.6. The number of nitrogens with zero attached hydrogens (tertiary/aromatic N) is 2. The Labute approximate surface area is 88.2 Å². The highest BCUT2D eigenvalue weighted by Gasteiger charge is 2.17. The zero-order chi connectivity index (χ0) is 10.7. The molecule has 0 atom stereocenters. The maximum Gasteiger partial charge on any atom is 0.271 e. The minimum Gasteiger partial charge on any atom is -0.351 e. The van der Waals surface area contributed by atoms with E-state index in [0.717, 1.165) is 6.42 Å². The fourth-order valence-electron chi connectivity index (χ4n) is 1.20. The van der Waals surface area contributed by atoms with E-state index < -0.39 is 0 Å². The summed E-state index contributed by atoms with van der Waals surface area (Å²) in [4.78, 5) is 11.6. The molecule has 1 aromatic heterocycles. The Hall–Kier alpha value is -1.03. The van der Waals surface area contributed by atoms with Crippen molar-refractivity contribution in [3.63, 3.8) is 0 Å². The lowest BCUT2D eigenvalue weighted by atomic mass is 10.3. The molecule has 0 saturated carbocycles. The van der Waals surface area contributed by atoms with E-state index in [0.29, 0.717) is 23.0 Å². The van der Waals surface area contributed by atoms with Gasteiger partial charge >= 0.3 is 0 Å². The average molecular weight is 216 g/mol. The Balaban J connectivity index is 2.89. The van der Waals surface area contributed by atoms with Gasteiger partial charge in [0, 0.05) is 13.6 Å². The first-order chi connectivity index (χ1) is 6.57. The molecule has 0 bridgehead atoms. The van der Waals surface area contributed by atoms with Crippen molar-refractivity contribution in [1.82, 2.24) is 15.1 Å². The molecule has 0 aliphatic carbocycles. The van der Waals surface area contributed by atoms with Crippen LogP contribution >= 0.6 is 11.6 Å². The summed E-state index contributed by atoms with van der Waals surface area (Å²) in [6, 6.07) is 0. The minimum atomic E-state index is -0.167. The summed E-state index contributed by atoms with van der Waals surface area (Å²) in [6.45, 7) is 4.43. The van der Waals surface area contributed by atoms with Gasteiger partial charge in [0.1, 0.15) is 5.69 Å². The summed E-state index contributed by atoms with van der Waals surface area (Å²) >= 11 is 5.94. The van der Waals surface area contributed by atoms with Gasteiger partial charge in [0.25, 0.3) is 5.91 Å². The third-order valence-electron chi connectivity index (χ3n) is 1.90. The number of rotatable bonds is 3. The summed E-state index contributed by atoms with van der Waals surface area (Å²) < 4.78 is 1.50. The molecule has 1 N–H and O–H groups in total. The third-order valence-corrected chi connectivity index (χ3v) is 2.35. The molecule has 0 aliphatic rings. The van der Waals surface area contributed by atoms with Crippen LogP contribution in [-0.4, -0.2) is 22.2 Å². The van der Waals surface area contributed by atoms with Crippen LogP contribution in [-0.2, 0) is 7.05 Å². The number of hydrogen-bond donors (Lipinski definition) is 1. The van der Waals surface area contributed by atoms with Crippen LogP contribution in [0.5, 0.6) is 0 Å². The van der Waals surface area contributed by atoms with Crippen LogP contribution in [0.25, 0.3) is 0 Å². The Morgan fingerprint density at radius 2 is 2.29 bits per heavy atom. The molecule has 5 heteroatoms. The van der Waals surface area contributed by atoms with E-state index in [1.165, 1.54) is 4.68 Å². The first kappa shape index (κ1) is 11.0. The predicted molar refractivity (Wildman–Crippen MR) is 55.6 cm³/mol. The second-order valence-electron chi connectivity index (χ2n) is 3.13. The van der Waals surface area contributed by atoms with Gasteiger partial charge in [-0.15, -0.1) is 0 Å². The van der Waals surface area contributed by atoms with Gasteiger partial charge in [0.15, 0.2) is 0 Å². The van der Waals surface area contributed by atoms with Gasteiger partial charge in [-0.3, -0.25) is 9.48 Å². The van der Waals surface area contributed by atoms with Crippen LogP contribution in [0.15, 0.2) is 0 Å². The molecular weight excluding hydrogens is 202 g/mol. The van der Waals surface area contributed by atoms with Crippen molar-refractivity contribution in [1.29, 1.82) is 0 Å². The molecule has 0 saturated heterocycles. The summed E-state index contributed by atoms with van der Waals surface area (Å²) in [5.74, 6) is -0.167. The predicted octanol–water partition coefficient (Wildman–Crippen LogP) is 1.52. The van der Waals surface area contributed by atoms with Gasteiger partial charge in [-0.05, 0) is 13.3 Å². The highest BCUT2D eigenvalue weighted by Crippen LogP contribution is 2.18.